The second-order valence-electron chi connectivity index (χ2n) is 5.18. The van der Waals surface area contributed by atoms with Crippen LogP contribution in [0.2, 0.25) is 0 Å². The summed E-state index contributed by atoms with van der Waals surface area (Å²) in [6.07, 6.45) is -11.9. The van der Waals surface area contributed by atoms with Gasteiger partial charge in [-0.2, -0.15) is 26.3 Å². The van der Waals surface area contributed by atoms with Crippen molar-refractivity contribution in [3.05, 3.63) is 34.6 Å². The minimum Gasteiger partial charge on any atom is -0.391 e. The molecular formula is C13H14F7NO. The van der Waals surface area contributed by atoms with Gasteiger partial charge in [0.2, 0.25) is 0 Å². The standard InChI is InChI=1S/C13H14F7NO/c1-5(2)11(22)10(21)9-7(13(18,19)20)3-6(4-8(9)14)12(15,16)17/h3-5,10-11,22H,21H2,1-2H3/t10-,11+/m1/s1. The highest BCUT2D eigenvalue weighted by Gasteiger charge is 2.42. The second kappa shape index (κ2) is 6.04. The molecule has 0 radical (unpaired) electrons. The molecule has 2 nitrogen and oxygen atoms in total. The zero-order valence-electron chi connectivity index (χ0n) is 11.6. The second-order valence-corrected chi connectivity index (χ2v) is 5.18. The highest BCUT2D eigenvalue weighted by atomic mass is 19.4. The molecule has 0 spiro atoms. The van der Waals surface area contributed by atoms with E-state index in [9.17, 15) is 35.8 Å². The van der Waals surface area contributed by atoms with Crippen LogP contribution in [0, 0.1) is 11.7 Å². The highest BCUT2D eigenvalue weighted by Crippen LogP contribution is 2.41. The van der Waals surface area contributed by atoms with Crippen LogP contribution in [-0.2, 0) is 12.4 Å². The van der Waals surface area contributed by atoms with E-state index >= 15 is 0 Å². The Morgan fingerprint density at radius 3 is 1.86 bits per heavy atom. The first-order chi connectivity index (χ1) is 9.76. The number of nitrogens with two attached hydrogens (primary N) is 1. The first-order valence-electron chi connectivity index (χ1n) is 6.18. The number of benzene rings is 1. The van der Waals surface area contributed by atoms with Crippen LogP contribution < -0.4 is 5.73 Å². The van der Waals surface area contributed by atoms with Gasteiger partial charge in [0, 0.05) is 5.56 Å². The van der Waals surface area contributed by atoms with E-state index < -0.39 is 52.9 Å². The molecule has 0 saturated carbocycles. The van der Waals surface area contributed by atoms with Crippen molar-refractivity contribution in [2.75, 3.05) is 0 Å². The van der Waals surface area contributed by atoms with Crippen molar-refractivity contribution in [1.29, 1.82) is 0 Å². The van der Waals surface area contributed by atoms with E-state index in [2.05, 4.69) is 0 Å². The van der Waals surface area contributed by atoms with Gasteiger partial charge in [-0.3, -0.25) is 0 Å². The Morgan fingerprint density at radius 2 is 1.50 bits per heavy atom. The molecule has 0 unspecified atom stereocenters. The van der Waals surface area contributed by atoms with Gasteiger partial charge in [0.05, 0.1) is 23.3 Å². The largest absolute Gasteiger partial charge is 0.416 e. The Balaban J connectivity index is 3.57. The first kappa shape index (κ1) is 18.7. The average molecular weight is 333 g/mol. The monoisotopic (exact) mass is 333 g/mol. The maximum absolute atomic E-state index is 13.9. The van der Waals surface area contributed by atoms with E-state index in [0.29, 0.717) is 0 Å². The van der Waals surface area contributed by atoms with Crippen molar-refractivity contribution in [2.24, 2.45) is 11.7 Å². The van der Waals surface area contributed by atoms with Gasteiger partial charge in [0.15, 0.2) is 0 Å². The lowest BCUT2D eigenvalue weighted by atomic mass is 9.89. The fourth-order valence-electron chi connectivity index (χ4n) is 1.94. The predicted octanol–water partition coefficient (Wildman–Crippen LogP) is 3.88. The molecule has 0 bridgehead atoms. The van der Waals surface area contributed by atoms with Crippen molar-refractivity contribution in [3.63, 3.8) is 0 Å². The summed E-state index contributed by atoms with van der Waals surface area (Å²) in [6.45, 7) is 2.86. The lowest BCUT2D eigenvalue weighted by molar-refractivity contribution is -0.144. The molecule has 2 atom stereocenters. The van der Waals surface area contributed by atoms with Crippen LogP contribution in [0.5, 0.6) is 0 Å². The Bertz CT molecular complexity index is 536. The fraction of sp³-hybridized carbons (Fsp3) is 0.538. The molecule has 126 valence electrons. The minimum absolute atomic E-state index is 0.0581. The first-order valence-corrected chi connectivity index (χ1v) is 6.18. The maximum Gasteiger partial charge on any atom is 0.416 e. The molecule has 1 aromatic carbocycles. The molecule has 1 aromatic rings. The summed E-state index contributed by atoms with van der Waals surface area (Å²) in [4.78, 5) is 0. The number of alkyl halides is 6. The number of hydrogen-bond donors (Lipinski definition) is 2. The van der Waals surface area contributed by atoms with E-state index in [0.717, 1.165) is 0 Å². The van der Waals surface area contributed by atoms with Crippen LogP contribution in [0.1, 0.15) is 36.6 Å². The molecule has 0 fully saturated rings. The van der Waals surface area contributed by atoms with Crippen LogP contribution in [0.3, 0.4) is 0 Å². The summed E-state index contributed by atoms with van der Waals surface area (Å²) in [5.41, 5.74) is 0.635. The lowest BCUT2D eigenvalue weighted by Crippen LogP contribution is -2.33. The van der Waals surface area contributed by atoms with Gasteiger partial charge < -0.3 is 10.8 Å². The van der Waals surface area contributed by atoms with Gasteiger partial charge >= 0.3 is 12.4 Å². The van der Waals surface area contributed by atoms with E-state index in [4.69, 9.17) is 5.73 Å². The van der Waals surface area contributed by atoms with E-state index in [-0.39, 0.29) is 12.1 Å². The van der Waals surface area contributed by atoms with Gasteiger partial charge in [-0.25, -0.2) is 4.39 Å². The summed E-state index contributed by atoms with van der Waals surface area (Å²) in [6, 6.07) is -2.07. The molecule has 0 saturated heterocycles. The molecule has 1 rings (SSSR count). The SMILES string of the molecule is CC(C)[C@H](O)[C@H](N)c1c(F)cc(C(F)(F)F)cc1C(F)(F)F. The zero-order chi connectivity index (χ0) is 17.5. The summed E-state index contributed by atoms with van der Waals surface area (Å²) in [7, 11) is 0. The third kappa shape index (κ3) is 3.89. The fourth-order valence-corrected chi connectivity index (χ4v) is 1.94. The predicted molar refractivity (Wildman–Crippen MR) is 64.2 cm³/mol. The number of hydrogen-bond acceptors (Lipinski definition) is 2. The summed E-state index contributed by atoms with van der Waals surface area (Å²) < 4.78 is 90.3. The number of aliphatic hydroxyl groups excluding tert-OH is 1. The average Bonchev–Trinajstić information content (AvgIpc) is 2.33. The summed E-state index contributed by atoms with van der Waals surface area (Å²) in [5, 5.41) is 9.71. The minimum atomic E-state index is -5.24. The third-order valence-corrected chi connectivity index (χ3v) is 3.15. The van der Waals surface area contributed by atoms with Crippen LogP contribution in [0.25, 0.3) is 0 Å². The number of halogens is 7. The van der Waals surface area contributed by atoms with E-state index in [1.165, 1.54) is 13.8 Å². The Morgan fingerprint density at radius 1 is 1.00 bits per heavy atom. The Labute approximate surface area is 121 Å². The molecule has 22 heavy (non-hydrogen) atoms. The van der Waals surface area contributed by atoms with Crippen molar-refractivity contribution in [3.8, 4) is 0 Å². The summed E-state index contributed by atoms with van der Waals surface area (Å²) >= 11 is 0. The molecule has 0 aliphatic carbocycles. The van der Waals surface area contributed by atoms with Crippen LogP contribution in [0.15, 0.2) is 12.1 Å². The number of aliphatic hydroxyl groups is 1. The number of rotatable bonds is 3. The quantitative estimate of drug-likeness (QED) is 0.825. The lowest BCUT2D eigenvalue weighted by Gasteiger charge is -2.26. The zero-order valence-corrected chi connectivity index (χ0v) is 11.6. The van der Waals surface area contributed by atoms with E-state index in [1.807, 2.05) is 0 Å². The molecule has 3 N–H and O–H groups in total. The van der Waals surface area contributed by atoms with Gasteiger partial charge in [-0.15, -0.1) is 0 Å². The van der Waals surface area contributed by atoms with Gasteiger partial charge in [0.1, 0.15) is 5.82 Å². The smallest absolute Gasteiger partial charge is 0.391 e. The molecule has 9 heteroatoms. The van der Waals surface area contributed by atoms with Crippen LogP contribution >= 0.6 is 0 Å². The van der Waals surface area contributed by atoms with E-state index in [1.54, 1.807) is 0 Å². The van der Waals surface area contributed by atoms with Crippen molar-refractivity contribution in [1.82, 2.24) is 0 Å². The molecule has 0 amide bonds. The Kier molecular flexibility index (Phi) is 5.13. The van der Waals surface area contributed by atoms with Crippen molar-refractivity contribution in [2.45, 2.75) is 38.3 Å². The summed E-state index contributed by atoms with van der Waals surface area (Å²) in [5.74, 6) is -2.37. The van der Waals surface area contributed by atoms with Gasteiger partial charge in [-0.05, 0) is 18.1 Å². The van der Waals surface area contributed by atoms with Crippen LogP contribution in [-0.4, -0.2) is 11.2 Å². The third-order valence-electron chi connectivity index (χ3n) is 3.15. The highest BCUT2D eigenvalue weighted by molar-refractivity contribution is 5.39. The normalized spacial score (nSPS) is 16.0. The van der Waals surface area contributed by atoms with Gasteiger partial charge in [0.25, 0.3) is 0 Å². The molecule has 0 aliphatic rings. The molecule has 0 aliphatic heterocycles. The molecule has 0 aromatic heterocycles. The van der Waals surface area contributed by atoms with Crippen LogP contribution in [0.4, 0.5) is 30.7 Å². The maximum atomic E-state index is 13.9. The van der Waals surface area contributed by atoms with Gasteiger partial charge in [-0.1, -0.05) is 13.8 Å². The van der Waals surface area contributed by atoms with Crippen molar-refractivity contribution >= 4 is 0 Å². The van der Waals surface area contributed by atoms with Crippen molar-refractivity contribution < 1.29 is 35.8 Å². The molecular weight excluding hydrogens is 319 g/mol. The Hall–Kier alpha value is -1.35. The molecule has 0 heterocycles. The topological polar surface area (TPSA) is 46.2 Å².